The van der Waals surface area contributed by atoms with Gasteiger partial charge in [0, 0.05) is 11.3 Å². The highest BCUT2D eigenvalue weighted by Crippen LogP contribution is 2.38. The Morgan fingerprint density at radius 3 is 2.63 bits per heavy atom. The Hall–Kier alpha value is -0.500. The van der Waals surface area contributed by atoms with Crippen molar-refractivity contribution in [1.82, 2.24) is 19.6 Å². The predicted molar refractivity (Wildman–Crippen MR) is 84.0 cm³/mol. The molecule has 0 aliphatic carbocycles. The third kappa shape index (κ3) is 2.12. The van der Waals surface area contributed by atoms with Crippen molar-refractivity contribution < 1.29 is 0 Å². The van der Waals surface area contributed by atoms with Crippen LogP contribution in [0.4, 0.5) is 0 Å². The minimum atomic E-state index is 0.368. The average Bonchev–Trinajstić information content (AvgIpc) is 2.90. The van der Waals surface area contributed by atoms with Crippen LogP contribution in [0.1, 0.15) is 11.4 Å². The third-order valence-electron chi connectivity index (χ3n) is 2.87. The maximum Gasteiger partial charge on any atom is 0.199 e. The molecule has 0 unspecified atom stereocenters. The Kier molecular flexibility index (Phi) is 3.41. The molecule has 0 atom stereocenters. The van der Waals surface area contributed by atoms with Crippen LogP contribution in [-0.2, 0) is 0 Å². The summed E-state index contributed by atoms with van der Waals surface area (Å²) in [5.74, 6) is 0.758. The van der Waals surface area contributed by atoms with E-state index in [0.29, 0.717) is 10.8 Å². The van der Waals surface area contributed by atoms with Crippen molar-refractivity contribution in [3.63, 3.8) is 0 Å². The number of halogens is 3. The maximum absolute atomic E-state index is 6.13. The van der Waals surface area contributed by atoms with Crippen LogP contribution in [0.15, 0.2) is 13.6 Å². The lowest BCUT2D eigenvalue weighted by Gasteiger charge is -2.06. The molecule has 0 aliphatic rings. The monoisotopic (exact) mass is 420 g/mol. The Morgan fingerprint density at radius 2 is 2.00 bits per heavy atom. The SMILES string of the molecule is Cc1nc(Cl)c2nnc(-c3cc(Br)sc3Br)n2c1C. The van der Waals surface area contributed by atoms with Crippen LogP contribution in [-0.4, -0.2) is 19.6 Å². The van der Waals surface area contributed by atoms with Crippen LogP contribution in [0.2, 0.25) is 5.15 Å². The van der Waals surface area contributed by atoms with E-state index in [0.717, 1.165) is 30.3 Å². The quantitative estimate of drug-likeness (QED) is 0.573. The molecule has 0 saturated heterocycles. The minimum Gasteiger partial charge on any atom is -0.275 e. The van der Waals surface area contributed by atoms with Crippen molar-refractivity contribution in [2.24, 2.45) is 0 Å². The summed E-state index contributed by atoms with van der Waals surface area (Å²) in [6.45, 7) is 3.90. The molecular formula is C11H7Br2ClN4S. The molecular weight excluding hydrogens is 415 g/mol. The number of aryl methyl sites for hydroxylation is 2. The molecule has 3 aromatic heterocycles. The average molecular weight is 423 g/mol. The topological polar surface area (TPSA) is 43.1 Å². The number of hydrogen-bond donors (Lipinski definition) is 0. The first-order chi connectivity index (χ1) is 8.99. The fourth-order valence-electron chi connectivity index (χ4n) is 1.84. The van der Waals surface area contributed by atoms with Gasteiger partial charge in [0.1, 0.15) is 0 Å². The van der Waals surface area contributed by atoms with Gasteiger partial charge in [0.05, 0.1) is 13.3 Å². The van der Waals surface area contributed by atoms with E-state index in [1.807, 2.05) is 24.3 Å². The molecule has 3 heterocycles. The van der Waals surface area contributed by atoms with Crippen molar-refractivity contribution in [2.45, 2.75) is 13.8 Å². The van der Waals surface area contributed by atoms with Crippen molar-refractivity contribution >= 4 is 60.4 Å². The molecule has 0 radical (unpaired) electrons. The summed E-state index contributed by atoms with van der Waals surface area (Å²) in [6, 6.07) is 2.01. The van der Waals surface area contributed by atoms with E-state index < -0.39 is 0 Å². The molecule has 0 spiro atoms. The Morgan fingerprint density at radius 1 is 1.26 bits per heavy atom. The lowest BCUT2D eigenvalue weighted by atomic mass is 10.3. The van der Waals surface area contributed by atoms with Gasteiger partial charge >= 0.3 is 0 Å². The molecule has 0 fully saturated rings. The molecule has 0 aromatic carbocycles. The van der Waals surface area contributed by atoms with E-state index in [4.69, 9.17) is 11.6 Å². The van der Waals surface area contributed by atoms with Gasteiger partial charge < -0.3 is 0 Å². The molecule has 0 aliphatic heterocycles. The van der Waals surface area contributed by atoms with E-state index in [1.165, 1.54) is 0 Å². The Bertz CT molecular complexity index is 796. The van der Waals surface area contributed by atoms with Gasteiger partial charge in [-0.1, -0.05) is 11.6 Å². The van der Waals surface area contributed by atoms with E-state index in [1.54, 1.807) is 11.3 Å². The molecule has 19 heavy (non-hydrogen) atoms. The molecule has 8 heteroatoms. The van der Waals surface area contributed by atoms with Crippen LogP contribution < -0.4 is 0 Å². The number of hydrogen-bond acceptors (Lipinski definition) is 4. The van der Waals surface area contributed by atoms with Gasteiger partial charge in [0.25, 0.3) is 0 Å². The lowest BCUT2D eigenvalue weighted by Crippen LogP contribution is -2.00. The van der Waals surface area contributed by atoms with Crippen LogP contribution >= 0.6 is 54.8 Å². The number of rotatable bonds is 1. The normalized spacial score (nSPS) is 11.4. The number of nitrogens with zero attached hydrogens (tertiary/aromatic N) is 4. The predicted octanol–water partition coefficient (Wildman–Crippen LogP) is 4.65. The summed E-state index contributed by atoms with van der Waals surface area (Å²) in [5, 5.41) is 8.75. The van der Waals surface area contributed by atoms with Crippen molar-refractivity contribution in [2.75, 3.05) is 0 Å². The fraction of sp³-hybridized carbons (Fsp3) is 0.182. The number of aromatic nitrogens is 4. The number of fused-ring (bicyclic) bond motifs is 1. The first-order valence-electron chi connectivity index (χ1n) is 5.32. The molecule has 0 amide bonds. The van der Waals surface area contributed by atoms with E-state index in [-0.39, 0.29) is 0 Å². The van der Waals surface area contributed by atoms with Gasteiger partial charge in [-0.3, -0.25) is 4.40 Å². The standard InChI is InChI=1S/C11H7Br2ClN4S/c1-4-5(2)18-10(6-3-7(12)19-8(6)13)16-17-11(18)9(14)15-4/h3H,1-2H3. The second-order valence-electron chi connectivity index (χ2n) is 3.99. The van der Waals surface area contributed by atoms with Crippen molar-refractivity contribution in [3.8, 4) is 11.4 Å². The maximum atomic E-state index is 6.13. The van der Waals surface area contributed by atoms with Gasteiger partial charge in [-0.15, -0.1) is 21.5 Å². The summed E-state index contributed by atoms with van der Waals surface area (Å²) in [7, 11) is 0. The largest absolute Gasteiger partial charge is 0.275 e. The minimum absolute atomic E-state index is 0.368. The summed E-state index contributed by atoms with van der Waals surface area (Å²) in [5.41, 5.74) is 3.40. The number of thiophene rings is 1. The zero-order valence-corrected chi connectivity index (χ0v) is 14.7. The molecule has 0 saturated carbocycles. The molecule has 4 nitrogen and oxygen atoms in total. The smallest absolute Gasteiger partial charge is 0.199 e. The Balaban J connectivity index is 2.40. The Labute approximate surface area is 135 Å². The van der Waals surface area contributed by atoms with Crippen molar-refractivity contribution in [3.05, 3.63) is 30.2 Å². The van der Waals surface area contributed by atoms with Crippen LogP contribution in [0, 0.1) is 13.8 Å². The highest BCUT2D eigenvalue weighted by atomic mass is 79.9. The zero-order valence-electron chi connectivity index (χ0n) is 9.91. The van der Waals surface area contributed by atoms with Gasteiger partial charge in [0.15, 0.2) is 16.6 Å². The summed E-state index contributed by atoms with van der Waals surface area (Å²) < 4.78 is 3.96. The van der Waals surface area contributed by atoms with E-state index in [2.05, 4.69) is 47.0 Å². The summed E-state index contributed by atoms with van der Waals surface area (Å²) >= 11 is 14.7. The second kappa shape index (κ2) is 4.80. The molecule has 0 N–H and O–H groups in total. The van der Waals surface area contributed by atoms with E-state index >= 15 is 0 Å². The first-order valence-corrected chi connectivity index (χ1v) is 8.10. The van der Waals surface area contributed by atoms with E-state index in [9.17, 15) is 0 Å². The van der Waals surface area contributed by atoms with Crippen molar-refractivity contribution in [1.29, 1.82) is 0 Å². The summed E-state index contributed by atoms with van der Waals surface area (Å²) in [4.78, 5) is 4.26. The van der Waals surface area contributed by atoms with Crippen LogP contribution in [0.25, 0.3) is 17.0 Å². The second-order valence-corrected chi connectivity index (χ2v) is 8.10. The molecule has 3 aromatic rings. The molecule has 0 bridgehead atoms. The highest BCUT2D eigenvalue weighted by Gasteiger charge is 2.18. The van der Waals surface area contributed by atoms with Gasteiger partial charge in [-0.25, -0.2) is 4.98 Å². The zero-order chi connectivity index (χ0) is 13.7. The molecule has 98 valence electrons. The van der Waals surface area contributed by atoms with Gasteiger partial charge in [0.2, 0.25) is 0 Å². The van der Waals surface area contributed by atoms with Gasteiger partial charge in [-0.05, 0) is 51.8 Å². The molecule has 3 rings (SSSR count). The van der Waals surface area contributed by atoms with Gasteiger partial charge in [-0.2, -0.15) is 0 Å². The first kappa shape index (κ1) is 13.5. The van der Waals surface area contributed by atoms with Crippen LogP contribution in [0.5, 0.6) is 0 Å². The van der Waals surface area contributed by atoms with Crippen LogP contribution in [0.3, 0.4) is 0 Å². The summed E-state index contributed by atoms with van der Waals surface area (Å²) in [6.07, 6.45) is 0. The third-order valence-corrected chi connectivity index (χ3v) is 5.46. The lowest BCUT2D eigenvalue weighted by molar-refractivity contribution is 1.000. The highest BCUT2D eigenvalue weighted by molar-refractivity contribution is 9.12. The fourth-order valence-corrected chi connectivity index (χ4v) is 4.88.